The molecule has 0 unspecified atom stereocenters. The van der Waals surface area contributed by atoms with Crippen molar-refractivity contribution in [2.75, 3.05) is 46.9 Å². The molecular formula is C22H27FN4O2. The van der Waals surface area contributed by atoms with E-state index in [0.29, 0.717) is 18.9 Å². The van der Waals surface area contributed by atoms with Crippen molar-refractivity contribution >= 4 is 11.0 Å². The highest BCUT2D eigenvalue weighted by Crippen LogP contribution is 2.23. The molecule has 154 valence electrons. The van der Waals surface area contributed by atoms with Gasteiger partial charge in [0.25, 0.3) is 0 Å². The monoisotopic (exact) mass is 398 g/mol. The van der Waals surface area contributed by atoms with Crippen molar-refractivity contribution in [3.63, 3.8) is 0 Å². The molecule has 0 radical (unpaired) electrons. The first-order valence-electron chi connectivity index (χ1n) is 9.95. The number of rotatable bonds is 7. The summed E-state index contributed by atoms with van der Waals surface area (Å²) in [6.07, 6.45) is 0. The number of nitrogens with zero attached hydrogens (tertiary/aromatic N) is 4. The van der Waals surface area contributed by atoms with E-state index in [1.807, 2.05) is 18.2 Å². The number of imidazole rings is 1. The van der Waals surface area contributed by atoms with Gasteiger partial charge in [-0.05, 0) is 43.4 Å². The number of halogens is 1. The van der Waals surface area contributed by atoms with Crippen molar-refractivity contribution < 1.29 is 13.9 Å². The third-order valence-electron chi connectivity index (χ3n) is 5.39. The number of piperazine rings is 1. The zero-order chi connectivity index (χ0) is 20.2. The van der Waals surface area contributed by atoms with Crippen LogP contribution in [0.1, 0.15) is 5.82 Å². The fourth-order valence-corrected chi connectivity index (χ4v) is 3.65. The fourth-order valence-electron chi connectivity index (χ4n) is 3.65. The summed E-state index contributed by atoms with van der Waals surface area (Å²) in [6, 6.07) is 12.1. The van der Waals surface area contributed by atoms with E-state index in [4.69, 9.17) is 14.5 Å². The summed E-state index contributed by atoms with van der Waals surface area (Å²) in [5.74, 6) is 2.23. The van der Waals surface area contributed by atoms with Gasteiger partial charge in [-0.15, -0.1) is 0 Å². The highest BCUT2D eigenvalue weighted by atomic mass is 19.1. The average molecular weight is 398 g/mol. The van der Waals surface area contributed by atoms with Gasteiger partial charge in [0.2, 0.25) is 0 Å². The van der Waals surface area contributed by atoms with Gasteiger partial charge < -0.3 is 18.9 Å². The van der Waals surface area contributed by atoms with Crippen molar-refractivity contribution in [3.8, 4) is 11.5 Å². The molecule has 1 saturated heterocycles. The molecule has 0 spiro atoms. The largest absolute Gasteiger partial charge is 0.497 e. The number of aromatic nitrogens is 2. The van der Waals surface area contributed by atoms with Crippen LogP contribution in [0, 0.1) is 5.82 Å². The number of benzene rings is 2. The molecule has 6 nitrogen and oxygen atoms in total. The van der Waals surface area contributed by atoms with Crippen molar-refractivity contribution in [2.45, 2.75) is 13.1 Å². The quantitative estimate of drug-likeness (QED) is 0.612. The summed E-state index contributed by atoms with van der Waals surface area (Å²) in [6.45, 7) is 6.18. The molecule has 2 heterocycles. The first kappa shape index (κ1) is 19.7. The summed E-state index contributed by atoms with van der Waals surface area (Å²) < 4.78 is 26.5. The Bertz CT molecular complexity index is 949. The first-order valence-corrected chi connectivity index (χ1v) is 9.95. The lowest BCUT2D eigenvalue weighted by Crippen LogP contribution is -2.44. The summed E-state index contributed by atoms with van der Waals surface area (Å²) >= 11 is 0. The van der Waals surface area contributed by atoms with E-state index in [-0.39, 0.29) is 5.82 Å². The smallest absolute Gasteiger partial charge is 0.124 e. The van der Waals surface area contributed by atoms with Crippen LogP contribution in [0.5, 0.6) is 11.5 Å². The highest BCUT2D eigenvalue weighted by Gasteiger charge is 2.18. The Hall–Kier alpha value is -2.64. The van der Waals surface area contributed by atoms with Crippen LogP contribution in [0.2, 0.25) is 0 Å². The Morgan fingerprint density at radius 3 is 2.45 bits per heavy atom. The van der Waals surface area contributed by atoms with Crippen LogP contribution in [-0.2, 0) is 13.1 Å². The molecule has 0 aliphatic carbocycles. The lowest BCUT2D eigenvalue weighted by Gasteiger charge is -2.32. The van der Waals surface area contributed by atoms with E-state index in [1.54, 1.807) is 19.2 Å². The normalized spacial score (nSPS) is 15.7. The standard InChI is InChI=1S/C22H27FN4O2/c1-25-9-11-26(12-10-25)16-22-24-20-15-19(28-2)7-8-21(20)27(22)13-14-29-18-5-3-17(23)4-6-18/h3-8,15H,9-14,16H2,1-2H3. The number of methoxy groups -OCH3 is 1. The predicted octanol–water partition coefficient (Wildman–Crippen LogP) is 3.01. The first-order chi connectivity index (χ1) is 14.1. The zero-order valence-corrected chi connectivity index (χ0v) is 17.0. The van der Waals surface area contributed by atoms with Gasteiger partial charge in [-0.2, -0.15) is 0 Å². The second-order valence-electron chi connectivity index (χ2n) is 7.42. The maximum atomic E-state index is 13.1. The number of hydrogen-bond donors (Lipinski definition) is 0. The third-order valence-corrected chi connectivity index (χ3v) is 5.39. The van der Waals surface area contributed by atoms with Gasteiger partial charge in [0.1, 0.15) is 29.7 Å². The molecule has 3 aromatic rings. The number of likely N-dealkylation sites (N-methyl/N-ethyl adjacent to an activating group) is 1. The maximum absolute atomic E-state index is 13.1. The van der Waals surface area contributed by atoms with Crippen molar-refractivity contribution in [1.29, 1.82) is 0 Å². The molecule has 4 rings (SSSR count). The molecule has 0 bridgehead atoms. The van der Waals surface area contributed by atoms with E-state index >= 15 is 0 Å². The van der Waals surface area contributed by atoms with E-state index in [9.17, 15) is 4.39 Å². The molecule has 1 fully saturated rings. The van der Waals surface area contributed by atoms with Gasteiger partial charge in [-0.1, -0.05) is 0 Å². The third kappa shape index (κ3) is 4.68. The van der Waals surface area contributed by atoms with Crippen molar-refractivity contribution in [2.24, 2.45) is 0 Å². The lowest BCUT2D eigenvalue weighted by atomic mass is 10.3. The van der Waals surface area contributed by atoms with E-state index < -0.39 is 0 Å². The van der Waals surface area contributed by atoms with Crippen LogP contribution < -0.4 is 9.47 Å². The molecule has 1 aromatic heterocycles. The molecule has 0 atom stereocenters. The Morgan fingerprint density at radius 1 is 1.00 bits per heavy atom. The Labute approximate surface area is 170 Å². The van der Waals surface area contributed by atoms with E-state index in [2.05, 4.69) is 21.4 Å². The fraction of sp³-hybridized carbons (Fsp3) is 0.409. The van der Waals surface area contributed by atoms with Crippen LogP contribution >= 0.6 is 0 Å². The molecule has 0 saturated carbocycles. The van der Waals surface area contributed by atoms with Gasteiger partial charge in [0.05, 0.1) is 31.2 Å². The summed E-state index contributed by atoms with van der Waals surface area (Å²) in [5.41, 5.74) is 1.99. The van der Waals surface area contributed by atoms with Gasteiger partial charge in [0, 0.05) is 32.2 Å². The molecule has 0 N–H and O–H groups in total. The molecular weight excluding hydrogens is 371 g/mol. The minimum Gasteiger partial charge on any atom is -0.497 e. The molecule has 1 aliphatic rings. The lowest BCUT2D eigenvalue weighted by molar-refractivity contribution is 0.144. The van der Waals surface area contributed by atoms with Gasteiger partial charge >= 0.3 is 0 Å². The topological polar surface area (TPSA) is 42.8 Å². The molecule has 0 amide bonds. The minimum atomic E-state index is -0.263. The molecule has 1 aliphatic heterocycles. The molecule has 29 heavy (non-hydrogen) atoms. The van der Waals surface area contributed by atoms with Crippen molar-refractivity contribution in [1.82, 2.24) is 19.4 Å². The van der Waals surface area contributed by atoms with E-state index in [1.165, 1.54) is 12.1 Å². The minimum absolute atomic E-state index is 0.263. The second-order valence-corrected chi connectivity index (χ2v) is 7.42. The van der Waals surface area contributed by atoms with E-state index in [0.717, 1.165) is 55.3 Å². The van der Waals surface area contributed by atoms with Crippen LogP contribution in [-0.4, -0.2) is 66.3 Å². The highest BCUT2D eigenvalue weighted by molar-refractivity contribution is 5.77. The van der Waals surface area contributed by atoms with Gasteiger partial charge in [-0.3, -0.25) is 4.90 Å². The Kier molecular flexibility index (Phi) is 5.97. The molecule has 7 heteroatoms. The molecule has 2 aromatic carbocycles. The van der Waals surface area contributed by atoms with Gasteiger partial charge in [-0.25, -0.2) is 9.37 Å². The zero-order valence-electron chi connectivity index (χ0n) is 17.0. The maximum Gasteiger partial charge on any atom is 0.124 e. The van der Waals surface area contributed by atoms with Crippen LogP contribution in [0.3, 0.4) is 0 Å². The average Bonchev–Trinajstić information content (AvgIpc) is 3.07. The number of hydrogen-bond acceptors (Lipinski definition) is 5. The number of ether oxygens (including phenoxy) is 2. The van der Waals surface area contributed by atoms with Crippen molar-refractivity contribution in [3.05, 3.63) is 54.1 Å². The summed E-state index contributed by atoms with van der Waals surface area (Å²) in [4.78, 5) is 9.68. The van der Waals surface area contributed by atoms with Crippen LogP contribution in [0.4, 0.5) is 4.39 Å². The number of fused-ring (bicyclic) bond motifs is 1. The Balaban J connectivity index is 1.53. The second kappa shape index (κ2) is 8.80. The SMILES string of the molecule is COc1ccc2c(c1)nc(CN1CCN(C)CC1)n2CCOc1ccc(F)cc1. The van der Waals surface area contributed by atoms with Crippen LogP contribution in [0.25, 0.3) is 11.0 Å². The van der Waals surface area contributed by atoms with Crippen LogP contribution in [0.15, 0.2) is 42.5 Å². The Morgan fingerprint density at radius 2 is 1.72 bits per heavy atom. The van der Waals surface area contributed by atoms with Gasteiger partial charge in [0.15, 0.2) is 0 Å². The summed E-state index contributed by atoms with van der Waals surface area (Å²) in [7, 11) is 3.82. The summed E-state index contributed by atoms with van der Waals surface area (Å²) in [5, 5.41) is 0. The predicted molar refractivity (Wildman–Crippen MR) is 111 cm³/mol.